The molecule has 0 aromatic carbocycles. The first kappa shape index (κ1) is 13.8. The van der Waals surface area contributed by atoms with Crippen molar-refractivity contribution in [3.63, 3.8) is 0 Å². The highest BCUT2D eigenvalue weighted by Gasteiger charge is 2.29. The maximum absolute atomic E-state index is 11.9. The van der Waals surface area contributed by atoms with Crippen LogP contribution in [0.25, 0.3) is 0 Å². The van der Waals surface area contributed by atoms with E-state index >= 15 is 0 Å². The number of carbonyl (C=O) groups excluding carboxylic acids is 1. The Morgan fingerprint density at radius 3 is 2.44 bits per heavy atom. The van der Waals surface area contributed by atoms with Gasteiger partial charge in [-0.05, 0) is 24.8 Å². The van der Waals surface area contributed by atoms with Gasteiger partial charge in [0.2, 0.25) is 0 Å². The Morgan fingerprint density at radius 1 is 1.25 bits per heavy atom. The van der Waals surface area contributed by atoms with Crippen LogP contribution in [0.3, 0.4) is 0 Å². The molecule has 0 radical (unpaired) electrons. The Kier molecular flexibility index (Phi) is 5.03. The molecule has 0 saturated heterocycles. The zero-order chi connectivity index (χ0) is 12.2. The minimum atomic E-state index is -1.07. The second-order valence-electron chi connectivity index (χ2n) is 6.35. The second kappa shape index (κ2) is 5.85. The van der Waals surface area contributed by atoms with Gasteiger partial charge in [0.15, 0.2) is 0 Å². The number of hydrogen-bond acceptors (Lipinski definition) is 2. The molecule has 0 N–H and O–H groups in total. The predicted octanol–water partition coefficient (Wildman–Crippen LogP) is 3.69. The van der Waals surface area contributed by atoms with Crippen LogP contribution in [0.15, 0.2) is 0 Å². The van der Waals surface area contributed by atoms with E-state index in [-0.39, 0.29) is 11.9 Å². The SMILES string of the molecule is C[C@H]1CCCC[C@@H]1C(=O)OCC[Si](C)(C)C. The molecule has 1 saturated carbocycles. The Hall–Kier alpha value is -0.313. The first-order chi connectivity index (χ1) is 7.40. The summed E-state index contributed by atoms with van der Waals surface area (Å²) in [5.41, 5.74) is 0. The highest BCUT2D eigenvalue weighted by atomic mass is 28.3. The molecule has 0 spiro atoms. The summed E-state index contributed by atoms with van der Waals surface area (Å²) in [7, 11) is -1.07. The van der Waals surface area contributed by atoms with Gasteiger partial charge in [0.25, 0.3) is 0 Å². The van der Waals surface area contributed by atoms with Crippen molar-refractivity contribution < 1.29 is 9.53 Å². The standard InChI is InChI=1S/C13H26O2Si/c1-11-7-5-6-8-12(11)13(14)15-9-10-16(2,3)4/h11-12H,5-10H2,1-4H3/t11-,12-/m0/s1. The van der Waals surface area contributed by atoms with Gasteiger partial charge < -0.3 is 4.74 Å². The van der Waals surface area contributed by atoms with Gasteiger partial charge in [0.05, 0.1) is 12.5 Å². The van der Waals surface area contributed by atoms with E-state index in [0.717, 1.165) is 12.5 Å². The molecular formula is C13H26O2Si. The molecule has 1 aliphatic carbocycles. The minimum Gasteiger partial charge on any atom is -0.466 e. The zero-order valence-corrected chi connectivity index (χ0v) is 12.2. The van der Waals surface area contributed by atoms with Crippen LogP contribution in [-0.2, 0) is 9.53 Å². The molecule has 0 aromatic heterocycles. The van der Waals surface area contributed by atoms with Gasteiger partial charge in [-0.2, -0.15) is 0 Å². The molecule has 0 bridgehead atoms. The number of carbonyl (C=O) groups is 1. The third kappa shape index (κ3) is 4.68. The molecule has 3 heteroatoms. The molecule has 16 heavy (non-hydrogen) atoms. The van der Waals surface area contributed by atoms with E-state index in [0.29, 0.717) is 12.5 Å². The highest BCUT2D eigenvalue weighted by Crippen LogP contribution is 2.30. The fraction of sp³-hybridized carbons (Fsp3) is 0.923. The molecule has 1 fully saturated rings. The van der Waals surface area contributed by atoms with Crippen LogP contribution < -0.4 is 0 Å². The maximum Gasteiger partial charge on any atom is 0.309 e. The van der Waals surface area contributed by atoms with Crippen molar-refractivity contribution in [3.8, 4) is 0 Å². The first-order valence-corrected chi connectivity index (χ1v) is 10.3. The lowest BCUT2D eigenvalue weighted by molar-refractivity contribution is -0.150. The van der Waals surface area contributed by atoms with Gasteiger partial charge in [-0.15, -0.1) is 0 Å². The highest BCUT2D eigenvalue weighted by molar-refractivity contribution is 6.76. The molecule has 0 heterocycles. The van der Waals surface area contributed by atoms with Crippen LogP contribution in [0, 0.1) is 11.8 Å². The van der Waals surface area contributed by atoms with Gasteiger partial charge in [0.1, 0.15) is 0 Å². The summed E-state index contributed by atoms with van der Waals surface area (Å²) in [6.07, 6.45) is 4.69. The van der Waals surface area contributed by atoms with Crippen molar-refractivity contribution in [3.05, 3.63) is 0 Å². The Balaban J connectivity index is 2.29. The van der Waals surface area contributed by atoms with E-state index < -0.39 is 8.07 Å². The van der Waals surface area contributed by atoms with Gasteiger partial charge in [-0.1, -0.05) is 39.4 Å². The summed E-state index contributed by atoms with van der Waals surface area (Å²) in [4.78, 5) is 11.9. The smallest absolute Gasteiger partial charge is 0.309 e. The van der Waals surface area contributed by atoms with Crippen LogP contribution >= 0.6 is 0 Å². The third-order valence-corrected chi connectivity index (χ3v) is 5.21. The number of esters is 1. The fourth-order valence-electron chi connectivity index (χ4n) is 2.23. The van der Waals surface area contributed by atoms with E-state index in [1.807, 2.05) is 0 Å². The van der Waals surface area contributed by atoms with Crippen molar-refractivity contribution >= 4 is 14.0 Å². The lowest BCUT2D eigenvalue weighted by atomic mass is 9.80. The van der Waals surface area contributed by atoms with E-state index in [2.05, 4.69) is 26.6 Å². The van der Waals surface area contributed by atoms with Crippen molar-refractivity contribution in [2.45, 2.75) is 58.3 Å². The summed E-state index contributed by atoms with van der Waals surface area (Å²) >= 11 is 0. The summed E-state index contributed by atoms with van der Waals surface area (Å²) in [5.74, 6) is 0.758. The molecule has 0 unspecified atom stereocenters. The van der Waals surface area contributed by atoms with E-state index in [1.54, 1.807) is 0 Å². The Morgan fingerprint density at radius 2 is 1.88 bits per heavy atom. The lowest BCUT2D eigenvalue weighted by Crippen LogP contribution is -2.29. The largest absolute Gasteiger partial charge is 0.466 e. The second-order valence-corrected chi connectivity index (χ2v) is 12.0. The zero-order valence-electron chi connectivity index (χ0n) is 11.2. The van der Waals surface area contributed by atoms with E-state index in [4.69, 9.17) is 4.74 Å². The van der Waals surface area contributed by atoms with Crippen LogP contribution in [0.4, 0.5) is 0 Å². The molecule has 0 amide bonds. The van der Waals surface area contributed by atoms with Crippen LogP contribution in [-0.4, -0.2) is 20.7 Å². The molecule has 2 nitrogen and oxygen atoms in total. The summed E-state index contributed by atoms with van der Waals surface area (Å²) in [6, 6.07) is 1.08. The molecule has 0 aromatic rings. The van der Waals surface area contributed by atoms with E-state index in [9.17, 15) is 4.79 Å². The maximum atomic E-state index is 11.9. The lowest BCUT2D eigenvalue weighted by Gasteiger charge is -2.27. The van der Waals surface area contributed by atoms with E-state index in [1.165, 1.54) is 19.3 Å². The predicted molar refractivity (Wildman–Crippen MR) is 70.2 cm³/mol. The molecule has 2 atom stereocenters. The average molecular weight is 242 g/mol. The first-order valence-electron chi connectivity index (χ1n) is 6.57. The average Bonchev–Trinajstić information content (AvgIpc) is 2.16. The summed E-state index contributed by atoms with van der Waals surface area (Å²) in [6.45, 7) is 9.75. The van der Waals surface area contributed by atoms with Crippen molar-refractivity contribution in [1.82, 2.24) is 0 Å². The number of hydrogen-bond donors (Lipinski definition) is 0. The monoisotopic (exact) mass is 242 g/mol. The summed E-state index contributed by atoms with van der Waals surface area (Å²) < 4.78 is 5.42. The molecule has 1 rings (SSSR count). The van der Waals surface area contributed by atoms with Crippen LogP contribution in [0.1, 0.15) is 32.6 Å². The van der Waals surface area contributed by atoms with Crippen LogP contribution in [0.5, 0.6) is 0 Å². The van der Waals surface area contributed by atoms with Crippen molar-refractivity contribution in [2.75, 3.05) is 6.61 Å². The Labute approximate surface area is 101 Å². The summed E-state index contributed by atoms with van der Waals surface area (Å²) in [5, 5.41) is 0. The van der Waals surface area contributed by atoms with Crippen molar-refractivity contribution in [2.24, 2.45) is 11.8 Å². The van der Waals surface area contributed by atoms with Gasteiger partial charge in [-0.25, -0.2) is 0 Å². The van der Waals surface area contributed by atoms with Gasteiger partial charge >= 0.3 is 5.97 Å². The number of ether oxygens (including phenoxy) is 1. The van der Waals surface area contributed by atoms with Crippen molar-refractivity contribution in [1.29, 1.82) is 0 Å². The molecule has 0 aliphatic heterocycles. The normalized spacial score (nSPS) is 26.5. The quantitative estimate of drug-likeness (QED) is 0.555. The fourth-order valence-corrected chi connectivity index (χ4v) is 2.95. The molecular weight excluding hydrogens is 216 g/mol. The minimum absolute atomic E-state index is 0.0606. The van der Waals surface area contributed by atoms with Crippen LogP contribution in [0.2, 0.25) is 25.7 Å². The molecule has 1 aliphatic rings. The van der Waals surface area contributed by atoms with Gasteiger partial charge in [0, 0.05) is 8.07 Å². The van der Waals surface area contributed by atoms with Gasteiger partial charge in [-0.3, -0.25) is 4.79 Å². The number of rotatable bonds is 4. The molecule has 94 valence electrons. The Bertz CT molecular complexity index is 233. The third-order valence-electron chi connectivity index (χ3n) is 3.51. The topological polar surface area (TPSA) is 26.3 Å².